The van der Waals surface area contributed by atoms with Crippen molar-refractivity contribution in [1.82, 2.24) is 5.32 Å². The third-order valence-electron chi connectivity index (χ3n) is 2.81. The molecule has 0 bridgehead atoms. The number of amides is 2. The summed E-state index contributed by atoms with van der Waals surface area (Å²) in [7, 11) is 1.52. The van der Waals surface area contributed by atoms with Gasteiger partial charge in [-0.3, -0.25) is 9.59 Å². The van der Waals surface area contributed by atoms with Gasteiger partial charge in [-0.15, -0.1) is 0 Å². The second kappa shape index (κ2) is 5.93. The van der Waals surface area contributed by atoms with Gasteiger partial charge in [0.05, 0.1) is 18.7 Å². The number of hydrogen-bond acceptors (Lipinski definition) is 3. The predicted octanol–water partition coefficient (Wildman–Crippen LogP) is 1.81. The largest absolute Gasteiger partial charge is 0.495 e. The quantitative estimate of drug-likeness (QED) is 0.865. The van der Waals surface area contributed by atoms with E-state index in [0.717, 1.165) is 12.8 Å². The van der Waals surface area contributed by atoms with Crippen molar-refractivity contribution >= 4 is 29.1 Å². The summed E-state index contributed by atoms with van der Waals surface area (Å²) in [6, 6.07) is 4.95. The first-order chi connectivity index (χ1) is 9.10. The average Bonchev–Trinajstić information content (AvgIpc) is 3.20. The van der Waals surface area contributed by atoms with E-state index in [1.165, 1.54) is 7.11 Å². The maximum absolute atomic E-state index is 11.6. The molecule has 0 aliphatic heterocycles. The molecule has 0 atom stereocenters. The molecule has 2 amide bonds. The monoisotopic (exact) mass is 282 g/mol. The molecular weight excluding hydrogens is 268 g/mol. The average molecular weight is 283 g/mol. The number of benzene rings is 1. The molecule has 1 fully saturated rings. The highest BCUT2D eigenvalue weighted by Gasteiger charge is 2.29. The Morgan fingerprint density at radius 1 is 1.42 bits per heavy atom. The van der Waals surface area contributed by atoms with E-state index in [0.29, 0.717) is 16.5 Å². The number of anilines is 1. The lowest BCUT2D eigenvalue weighted by Gasteiger charge is -2.08. The third kappa shape index (κ3) is 3.86. The minimum absolute atomic E-state index is 0.0288. The van der Waals surface area contributed by atoms with Crippen LogP contribution in [0.5, 0.6) is 5.75 Å². The summed E-state index contributed by atoms with van der Waals surface area (Å²) in [5.41, 5.74) is 0.566. The number of hydrogen-bond donors (Lipinski definition) is 2. The summed E-state index contributed by atoms with van der Waals surface area (Å²) < 4.78 is 5.02. The first-order valence-corrected chi connectivity index (χ1v) is 6.39. The molecular formula is C13H15ClN2O3. The molecule has 0 unspecified atom stereocenters. The molecule has 6 heteroatoms. The van der Waals surface area contributed by atoms with Crippen molar-refractivity contribution in [3.8, 4) is 5.75 Å². The highest BCUT2D eigenvalue weighted by molar-refractivity contribution is 6.32. The molecule has 0 aromatic heterocycles. The SMILES string of the molecule is COc1ccc(NC(=O)CNC(=O)C2CC2)cc1Cl. The summed E-state index contributed by atoms with van der Waals surface area (Å²) in [5, 5.41) is 5.67. The summed E-state index contributed by atoms with van der Waals surface area (Å²) in [6.45, 7) is -0.0288. The van der Waals surface area contributed by atoms with Gasteiger partial charge in [-0.2, -0.15) is 0 Å². The van der Waals surface area contributed by atoms with Crippen LogP contribution in [0.2, 0.25) is 5.02 Å². The topological polar surface area (TPSA) is 67.4 Å². The van der Waals surface area contributed by atoms with Crippen LogP contribution >= 0.6 is 11.6 Å². The standard InChI is InChI=1S/C13H15ClN2O3/c1-19-11-5-4-9(6-10(11)14)16-12(17)7-15-13(18)8-2-3-8/h4-6,8H,2-3,7H2,1H3,(H,15,18)(H,16,17). The van der Waals surface area contributed by atoms with Gasteiger partial charge in [0, 0.05) is 11.6 Å². The van der Waals surface area contributed by atoms with E-state index in [2.05, 4.69) is 10.6 Å². The maximum atomic E-state index is 11.6. The highest BCUT2D eigenvalue weighted by atomic mass is 35.5. The molecule has 5 nitrogen and oxygen atoms in total. The van der Waals surface area contributed by atoms with E-state index >= 15 is 0 Å². The number of carbonyl (C=O) groups is 2. The zero-order chi connectivity index (χ0) is 13.8. The van der Waals surface area contributed by atoms with Gasteiger partial charge in [0.2, 0.25) is 11.8 Å². The summed E-state index contributed by atoms with van der Waals surface area (Å²) in [5.74, 6) is 0.308. The van der Waals surface area contributed by atoms with Gasteiger partial charge in [0.15, 0.2) is 0 Å². The first-order valence-electron chi connectivity index (χ1n) is 6.01. The Morgan fingerprint density at radius 3 is 2.74 bits per heavy atom. The van der Waals surface area contributed by atoms with Gasteiger partial charge in [-0.25, -0.2) is 0 Å². The van der Waals surface area contributed by atoms with Crippen LogP contribution in [0.3, 0.4) is 0 Å². The van der Waals surface area contributed by atoms with Crippen molar-refractivity contribution in [2.45, 2.75) is 12.8 Å². The van der Waals surface area contributed by atoms with Crippen LogP contribution in [-0.4, -0.2) is 25.5 Å². The van der Waals surface area contributed by atoms with Crippen LogP contribution in [0.25, 0.3) is 0 Å². The van der Waals surface area contributed by atoms with Crippen LogP contribution in [0.1, 0.15) is 12.8 Å². The number of methoxy groups -OCH3 is 1. The van der Waals surface area contributed by atoms with Gasteiger partial charge >= 0.3 is 0 Å². The lowest BCUT2D eigenvalue weighted by molar-refractivity contribution is -0.125. The third-order valence-corrected chi connectivity index (χ3v) is 3.10. The zero-order valence-corrected chi connectivity index (χ0v) is 11.3. The fraction of sp³-hybridized carbons (Fsp3) is 0.385. The van der Waals surface area contributed by atoms with E-state index in [9.17, 15) is 9.59 Å². The van der Waals surface area contributed by atoms with Gasteiger partial charge in [0.25, 0.3) is 0 Å². The van der Waals surface area contributed by atoms with Crippen molar-refractivity contribution in [3.63, 3.8) is 0 Å². The molecule has 1 aliphatic rings. The number of carbonyl (C=O) groups excluding carboxylic acids is 2. The Hall–Kier alpha value is -1.75. The highest BCUT2D eigenvalue weighted by Crippen LogP contribution is 2.29. The molecule has 0 radical (unpaired) electrons. The molecule has 0 heterocycles. The minimum Gasteiger partial charge on any atom is -0.495 e. The summed E-state index contributed by atoms with van der Waals surface area (Å²) in [4.78, 5) is 23.0. The molecule has 0 spiro atoms. The van der Waals surface area contributed by atoms with E-state index in [-0.39, 0.29) is 24.3 Å². The number of rotatable bonds is 5. The van der Waals surface area contributed by atoms with Crippen LogP contribution < -0.4 is 15.4 Å². The molecule has 19 heavy (non-hydrogen) atoms. The molecule has 2 rings (SSSR count). The Morgan fingerprint density at radius 2 is 2.16 bits per heavy atom. The smallest absolute Gasteiger partial charge is 0.243 e. The zero-order valence-electron chi connectivity index (χ0n) is 10.5. The van der Waals surface area contributed by atoms with Crippen LogP contribution in [0, 0.1) is 5.92 Å². The summed E-state index contributed by atoms with van der Waals surface area (Å²) >= 11 is 5.94. The number of ether oxygens (including phenoxy) is 1. The van der Waals surface area contributed by atoms with Crippen molar-refractivity contribution in [1.29, 1.82) is 0 Å². The molecule has 102 valence electrons. The second-order valence-electron chi connectivity index (χ2n) is 4.39. The van der Waals surface area contributed by atoms with Gasteiger partial charge < -0.3 is 15.4 Å². The second-order valence-corrected chi connectivity index (χ2v) is 4.80. The van der Waals surface area contributed by atoms with Crippen molar-refractivity contribution < 1.29 is 14.3 Å². The van der Waals surface area contributed by atoms with E-state index in [4.69, 9.17) is 16.3 Å². The molecule has 2 N–H and O–H groups in total. The Labute approximate surface area is 116 Å². The van der Waals surface area contributed by atoms with Crippen LogP contribution in [0.15, 0.2) is 18.2 Å². The molecule has 1 aliphatic carbocycles. The fourth-order valence-corrected chi connectivity index (χ4v) is 1.86. The normalized spacial score (nSPS) is 13.8. The van der Waals surface area contributed by atoms with Crippen molar-refractivity contribution in [2.24, 2.45) is 5.92 Å². The van der Waals surface area contributed by atoms with Crippen molar-refractivity contribution in [3.05, 3.63) is 23.2 Å². The van der Waals surface area contributed by atoms with E-state index < -0.39 is 0 Å². The molecule has 1 aromatic carbocycles. The maximum Gasteiger partial charge on any atom is 0.243 e. The minimum atomic E-state index is -0.282. The lowest BCUT2D eigenvalue weighted by atomic mass is 10.3. The van der Waals surface area contributed by atoms with Gasteiger partial charge in [-0.05, 0) is 31.0 Å². The Kier molecular flexibility index (Phi) is 4.27. The molecule has 1 saturated carbocycles. The molecule has 0 saturated heterocycles. The first kappa shape index (κ1) is 13.7. The number of nitrogens with one attached hydrogen (secondary N) is 2. The Bertz CT molecular complexity index is 501. The van der Waals surface area contributed by atoms with E-state index in [1.807, 2.05) is 0 Å². The van der Waals surface area contributed by atoms with Crippen LogP contribution in [-0.2, 0) is 9.59 Å². The molecule has 1 aromatic rings. The predicted molar refractivity (Wildman–Crippen MR) is 72.4 cm³/mol. The summed E-state index contributed by atoms with van der Waals surface area (Å²) in [6.07, 6.45) is 1.84. The van der Waals surface area contributed by atoms with E-state index in [1.54, 1.807) is 18.2 Å². The fourth-order valence-electron chi connectivity index (χ4n) is 1.61. The Balaban J connectivity index is 1.84. The van der Waals surface area contributed by atoms with Gasteiger partial charge in [-0.1, -0.05) is 11.6 Å². The van der Waals surface area contributed by atoms with Crippen LogP contribution in [0.4, 0.5) is 5.69 Å². The van der Waals surface area contributed by atoms with Crippen molar-refractivity contribution in [2.75, 3.05) is 19.0 Å². The number of halogens is 1. The van der Waals surface area contributed by atoms with Gasteiger partial charge in [0.1, 0.15) is 5.75 Å². The lowest BCUT2D eigenvalue weighted by Crippen LogP contribution is -2.33.